The molecule has 0 aliphatic heterocycles. The number of rotatable bonds is 1. The summed E-state index contributed by atoms with van der Waals surface area (Å²) in [6.45, 7) is 0. The molecule has 0 spiro atoms. The Bertz CT molecular complexity index is 519. The Labute approximate surface area is 91.4 Å². The lowest BCUT2D eigenvalue weighted by molar-refractivity contribution is 0.0799. The summed E-state index contributed by atoms with van der Waals surface area (Å²) in [7, 11) is 3.31. The van der Waals surface area contributed by atoms with E-state index in [1.807, 2.05) is 0 Å². The van der Waals surface area contributed by atoms with Gasteiger partial charge >= 0.3 is 0 Å². The van der Waals surface area contributed by atoms with Crippen LogP contribution in [0.3, 0.4) is 0 Å². The third kappa shape index (κ3) is 1.68. The number of carbonyl (C=O) groups excluding carboxylic acids is 1. The second-order valence-electron chi connectivity index (χ2n) is 3.32. The largest absolute Gasteiger partial charge is 0.433 e. The molecule has 0 unspecified atom stereocenters. The van der Waals surface area contributed by atoms with E-state index in [4.69, 9.17) is 16.0 Å². The lowest BCUT2D eigenvalue weighted by Gasteiger charge is -2.05. The summed E-state index contributed by atoms with van der Waals surface area (Å²) in [5, 5.41) is 1.19. The molecule has 0 N–H and O–H groups in total. The average molecular weight is 225 g/mol. The van der Waals surface area contributed by atoms with Crippen LogP contribution in [0.25, 0.3) is 11.1 Å². The van der Waals surface area contributed by atoms with Crippen molar-refractivity contribution in [1.82, 2.24) is 9.88 Å². The second-order valence-corrected chi connectivity index (χ2v) is 3.73. The molecule has 0 atom stereocenters. The van der Waals surface area contributed by atoms with Gasteiger partial charge < -0.3 is 9.32 Å². The van der Waals surface area contributed by atoms with Crippen LogP contribution in [0.2, 0.25) is 5.02 Å². The number of amides is 1. The topological polar surface area (TPSA) is 46.3 Å². The molecule has 0 aromatic carbocycles. The second kappa shape index (κ2) is 3.55. The van der Waals surface area contributed by atoms with Crippen molar-refractivity contribution in [3.63, 3.8) is 0 Å². The molecule has 2 aromatic heterocycles. The molecule has 0 bridgehead atoms. The summed E-state index contributed by atoms with van der Waals surface area (Å²) in [5.74, 6) is 0.0414. The fourth-order valence-electron chi connectivity index (χ4n) is 1.23. The van der Waals surface area contributed by atoms with Crippen molar-refractivity contribution in [3.8, 4) is 0 Å². The first-order valence-corrected chi connectivity index (χ1v) is 4.73. The molecule has 78 valence electrons. The Kier molecular flexibility index (Phi) is 2.36. The minimum Gasteiger partial charge on any atom is -0.433 e. The third-order valence-electron chi connectivity index (χ3n) is 2.00. The Morgan fingerprint density at radius 3 is 2.87 bits per heavy atom. The van der Waals surface area contributed by atoms with E-state index >= 15 is 0 Å². The van der Waals surface area contributed by atoms with Crippen LogP contribution in [-0.2, 0) is 0 Å². The summed E-state index contributed by atoms with van der Waals surface area (Å²) >= 11 is 5.93. The van der Waals surface area contributed by atoms with Gasteiger partial charge in [0.25, 0.3) is 5.91 Å². The van der Waals surface area contributed by atoms with E-state index in [2.05, 4.69) is 4.98 Å². The predicted octanol–water partition coefficient (Wildman–Crippen LogP) is 2.18. The number of carbonyl (C=O) groups is 1. The van der Waals surface area contributed by atoms with Crippen molar-refractivity contribution in [2.75, 3.05) is 14.1 Å². The molecule has 15 heavy (non-hydrogen) atoms. The Hall–Kier alpha value is -1.55. The molecule has 5 heteroatoms. The molecule has 0 saturated heterocycles. The van der Waals surface area contributed by atoms with Gasteiger partial charge in [0.1, 0.15) is 0 Å². The van der Waals surface area contributed by atoms with Gasteiger partial charge in [0, 0.05) is 26.4 Å². The SMILES string of the molecule is CN(C)C(=O)c1cc2c(Cl)ccnc2o1. The van der Waals surface area contributed by atoms with Crippen LogP contribution >= 0.6 is 11.6 Å². The number of hydrogen-bond donors (Lipinski definition) is 0. The Balaban J connectivity index is 2.57. The van der Waals surface area contributed by atoms with Crippen LogP contribution in [-0.4, -0.2) is 29.9 Å². The first-order valence-electron chi connectivity index (χ1n) is 4.35. The smallest absolute Gasteiger partial charge is 0.289 e. The Morgan fingerprint density at radius 1 is 1.53 bits per heavy atom. The van der Waals surface area contributed by atoms with Crippen LogP contribution in [0, 0.1) is 0 Å². The van der Waals surface area contributed by atoms with Crippen molar-refractivity contribution < 1.29 is 9.21 Å². The summed E-state index contributed by atoms with van der Waals surface area (Å²) in [5.41, 5.74) is 0.382. The molecule has 2 rings (SSSR count). The molecule has 2 aromatic rings. The molecule has 2 heterocycles. The number of pyridine rings is 1. The van der Waals surface area contributed by atoms with E-state index in [0.29, 0.717) is 16.1 Å². The van der Waals surface area contributed by atoms with E-state index in [1.54, 1.807) is 26.2 Å². The Morgan fingerprint density at radius 2 is 2.27 bits per heavy atom. The van der Waals surface area contributed by atoms with Crippen LogP contribution in [0.15, 0.2) is 22.7 Å². The summed E-state index contributed by atoms with van der Waals surface area (Å²) in [6, 6.07) is 3.26. The number of furan rings is 1. The molecule has 4 nitrogen and oxygen atoms in total. The van der Waals surface area contributed by atoms with Crippen molar-refractivity contribution >= 4 is 28.6 Å². The third-order valence-corrected chi connectivity index (χ3v) is 2.33. The van der Waals surface area contributed by atoms with Gasteiger partial charge in [-0.05, 0) is 6.07 Å². The lowest BCUT2D eigenvalue weighted by Crippen LogP contribution is -2.20. The van der Waals surface area contributed by atoms with E-state index in [-0.39, 0.29) is 11.7 Å². The van der Waals surface area contributed by atoms with Gasteiger partial charge in [-0.25, -0.2) is 4.98 Å². The van der Waals surface area contributed by atoms with E-state index in [9.17, 15) is 4.79 Å². The molecule has 0 saturated carbocycles. The maximum atomic E-state index is 11.6. The summed E-state index contributed by atoms with van der Waals surface area (Å²) in [4.78, 5) is 17.0. The quantitative estimate of drug-likeness (QED) is 0.746. The van der Waals surface area contributed by atoms with E-state index in [0.717, 1.165) is 0 Å². The van der Waals surface area contributed by atoms with Crippen LogP contribution in [0.5, 0.6) is 0 Å². The lowest BCUT2D eigenvalue weighted by atomic mass is 10.3. The van der Waals surface area contributed by atoms with Crippen LogP contribution in [0.1, 0.15) is 10.6 Å². The zero-order valence-electron chi connectivity index (χ0n) is 8.32. The highest BCUT2D eigenvalue weighted by Crippen LogP contribution is 2.25. The first kappa shape index (κ1) is 9.98. The predicted molar refractivity (Wildman–Crippen MR) is 57.0 cm³/mol. The molecule has 0 aliphatic rings. The zero-order chi connectivity index (χ0) is 11.0. The molecular formula is C10H9ClN2O2. The average Bonchev–Trinajstić information content (AvgIpc) is 2.61. The van der Waals surface area contributed by atoms with Crippen molar-refractivity contribution in [1.29, 1.82) is 0 Å². The molecule has 0 fully saturated rings. The van der Waals surface area contributed by atoms with Crippen LogP contribution in [0.4, 0.5) is 0 Å². The first-order chi connectivity index (χ1) is 7.09. The monoisotopic (exact) mass is 224 g/mol. The molecule has 0 radical (unpaired) electrons. The van der Waals surface area contributed by atoms with Crippen LogP contribution < -0.4 is 0 Å². The minimum atomic E-state index is -0.205. The fourth-order valence-corrected chi connectivity index (χ4v) is 1.43. The van der Waals surface area contributed by atoms with Gasteiger partial charge in [0.15, 0.2) is 5.76 Å². The van der Waals surface area contributed by atoms with E-state index in [1.165, 1.54) is 11.1 Å². The molecule has 1 amide bonds. The van der Waals surface area contributed by atoms with Crippen molar-refractivity contribution in [2.45, 2.75) is 0 Å². The molecule has 0 aliphatic carbocycles. The van der Waals surface area contributed by atoms with Gasteiger partial charge in [0.2, 0.25) is 5.71 Å². The zero-order valence-corrected chi connectivity index (χ0v) is 9.08. The van der Waals surface area contributed by atoms with Gasteiger partial charge in [-0.15, -0.1) is 0 Å². The number of hydrogen-bond acceptors (Lipinski definition) is 3. The fraction of sp³-hybridized carbons (Fsp3) is 0.200. The minimum absolute atomic E-state index is 0.205. The highest BCUT2D eigenvalue weighted by atomic mass is 35.5. The summed E-state index contributed by atoms with van der Waals surface area (Å²) in [6.07, 6.45) is 1.54. The highest BCUT2D eigenvalue weighted by molar-refractivity contribution is 6.35. The standard InChI is InChI=1S/C10H9ClN2O2/c1-13(2)10(14)8-5-6-7(11)3-4-12-9(6)15-8/h3-5H,1-2H3. The number of fused-ring (bicyclic) bond motifs is 1. The van der Waals surface area contributed by atoms with Gasteiger partial charge in [0.05, 0.1) is 10.4 Å². The number of aromatic nitrogens is 1. The molecular weight excluding hydrogens is 216 g/mol. The summed E-state index contributed by atoms with van der Waals surface area (Å²) < 4.78 is 5.29. The van der Waals surface area contributed by atoms with Crippen molar-refractivity contribution in [3.05, 3.63) is 29.1 Å². The van der Waals surface area contributed by atoms with Gasteiger partial charge in [-0.3, -0.25) is 4.79 Å². The maximum absolute atomic E-state index is 11.6. The normalized spacial score (nSPS) is 10.6. The maximum Gasteiger partial charge on any atom is 0.289 e. The van der Waals surface area contributed by atoms with Gasteiger partial charge in [-0.1, -0.05) is 11.6 Å². The number of nitrogens with zero attached hydrogens (tertiary/aromatic N) is 2. The number of halogens is 1. The van der Waals surface area contributed by atoms with E-state index < -0.39 is 0 Å². The van der Waals surface area contributed by atoms with Crippen molar-refractivity contribution in [2.24, 2.45) is 0 Å². The highest BCUT2D eigenvalue weighted by Gasteiger charge is 2.15. The van der Waals surface area contributed by atoms with Gasteiger partial charge in [-0.2, -0.15) is 0 Å².